The molecule has 0 aliphatic carbocycles. The van der Waals surface area contributed by atoms with Crippen molar-refractivity contribution in [1.29, 1.82) is 0 Å². The van der Waals surface area contributed by atoms with Crippen molar-refractivity contribution in [3.8, 4) is 5.75 Å². The normalized spacial score (nSPS) is 9.19. The zero-order valence-electron chi connectivity index (χ0n) is 10.1. The molecule has 0 amide bonds. The van der Waals surface area contributed by atoms with Crippen molar-refractivity contribution >= 4 is 5.78 Å². The summed E-state index contributed by atoms with van der Waals surface area (Å²) in [5, 5.41) is 8.76. The van der Waals surface area contributed by atoms with Gasteiger partial charge in [-0.15, -0.1) is 0 Å². The summed E-state index contributed by atoms with van der Waals surface area (Å²) in [6, 6.07) is 7.09. The molecule has 1 aromatic carbocycles. The van der Waals surface area contributed by atoms with Gasteiger partial charge in [0.15, 0.2) is 0 Å². The van der Waals surface area contributed by atoms with Crippen molar-refractivity contribution in [1.82, 2.24) is 0 Å². The number of aryl methyl sites for hydroxylation is 1. The van der Waals surface area contributed by atoms with Gasteiger partial charge in [0.05, 0.1) is 0 Å². The number of ketones is 1. The molecule has 0 atom stereocenters. The third-order valence-corrected chi connectivity index (χ3v) is 2.09. The molecule has 0 unspecified atom stereocenters. The van der Waals surface area contributed by atoms with Gasteiger partial charge in [-0.2, -0.15) is 0 Å². The SMILES string of the molecule is CCC(=O)CCCN.Cc1ccc(O)cc1. The summed E-state index contributed by atoms with van der Waals surface area (Å²) < 4.78 is 0. The highest BCUT2D eigenvalue weighted by Gasteiger charge is 1.93. The van der Waals surface area contributed by atoms with Gasteiger partial charge in [0, 0.05) is 12.8 Å². The third-order valence-electron chi connectivity index (χ3n) is 2.09. The molecule has 0 spiro atoms. The minimum absolute atomic E-state index is 0.315. The van der Waals surface area contributed by atoms with Crippen molar-refractivity contribution in [2.75, 3.05) is 6.54 Å². The maximum absolute atomic E-state index is 10.5. The van der Waals surface area contributed by atoms with Crippen LogP contribution in [0.5, 0.6) is 5.75 Å². The van der Waals surface area contributed by atoms with E-state index in [1.165, 1.54) is 5.56 Å². The molecule has 0 fully saturated rings. The van der Waals surface area contributed by atoms with E-state index in [1.807, 2.05) is 26.0 Å². The molecule has 3 nitrogen and oxygen atoms in total. The number of nitrogens with two attached hydrogens (primary N) is 1. The van der Waals surface area contributed by atoms with Gasteiger partial charge in [0.1, 0.15) is 11.5 Å². The first kappa shape index (κ1) is 14.6. The number of benzene rings is 1. The fourth-order valence-electron chi connectivity index (χ4n) is 1.02. The van der Waals surface area contributed by atoms with E-state index in [9.17, 15) is 4.79 Å². The van der Waals surface area contributed by atoms with E-state index < -0.39 is 0 Å². The molecule has 16 heavy (non-hydrogen) atoms. The number of phenolic OH excluding ortho intramolecular Hbond substituents is 1. The number of Topliss-reactive ketones (excluding diaryl/α,β-unsaturated/α-hetero) is 1. The number of aromatic hydroxyl groups is 1. The maximum atomic E-state index is 10.5. The molecule has 3 N–H and O–H groups in total. The molecule has 90 valence electrons. The van der Waals surface area contributed by atoms with E-state index in [0.717, 1.165) is 6.42 Å². The van der Waals surface area contributed by atoms with Crippen LogP contribution in [0.4, 0.5) is 0 Å². The number of rotatable bonds is 4. The second-order valence-electron chi connectivity index (χ2n) is 3.62. The molecule has 0 radical (unpaired) electrons. The maximum Gasteiger partial charge on any atom is 0.132 e. The largest absolute Gasteiger partial charge is 0.508 e. The summed E-state index contributed by atoms with van der Waals surface area (Å²) >= 11 is 0. The number of hydrogen-bond donors (Lipinski definition) is 2. The van der Waals surface area contributed by atoms with Crippen molar-refractivity contribution in [2.24, 2.45) is 5.73 Å². The Morgan fingerprint density at radius 2 is 1.88 bits per heavy atom. The van der Waals surface area contributed by atoms with E-state index in [1.54, 1.807) is 12.1 Å². The van der Waals surface area contributed by atoms with Crippen molar-refractivity contribution in [2.45, 2.75) is 33.1 Å². The molecule has 0 bridgehead atoms. The summed E-state index contributed by atoms with van der Waals surface area (Å²) in [5.41, 5.74) is 6.35. The molecule has 0 aliphatic heterocycles. The molecule has 1 rings (SSSR count). The fourth-order valence-corrected chi connectivity index (χ4v) is 1.02. The minimum atomic E-state index is 0.315. The smallest absolute Gasteiger partial charge is 0.132 e. The van der Waals surface area contributed by atoms with Crippen molar-refractivity contribution < 1.29 is 9.90 Å². The molecule has 0 saturated heterocycles. The van der Waals surface area contributed by atoms with Crippen LogP contribution in [0.25, 0.3) is 0 Å². The van der Waals surface area contributed by atoms with E-state index in [2.05, 4.69) is 0 Å². The minimum Gasteiger partial charge on any atom is -0.508 e. The predicted molar refractivity (Wildman–Crippen MR) is 66.4 cm³/mol. The topological polar surface area (TPSA) is 63.3 Å². The van der Waals surface area contributed by atoms with Crippen LogP contribution in [-0.4, -0.2) is 17.4 Å². The van der Waals surface area contributed by atoms with Crippen molar-refractivity contribution in [3.63, 3.8) is 0 Å². The number of carbonyl (C=O) groups is 1. The summed E-state index contributed by atoms with van der Waals surface area (Å²) in [7, 11) is 0. The molecule has 3 heteroatoms. The van der Waals surface area contributed by atoms with E-state index in [4.69, 9.17) is 10.8 Å². The lowest BCUT2D eigenvalue weighted by Crippen LogP contribution is -2.02. The highest BCUT2D eigenvalue weighted by atomic mass is 16.3. The lowest BCUT2D eigenvalue weighted by Gasteiger charge is -1.91. The van der Waals surface area contributed by atoms with Gasteiger partial charge in [-0.1, -0.05) is 24.6 Å². The lowest BCUT2D eigenvalue weighted by atomic mass is 10.2. The zero-order valence-corrected chi connectivity index (χ0v) is 10.1. The second kappa shape index (κ2) is 8.92. The van der Waals surface area contributed by atoms with Crippen LogP contribution < -0.4 is 5.73 Å². The summed E-state index contributed by atoms with van der Waals surface area (Å²) in [4.78, 5) is 10.5. The van der Waals surface area contributed by atoms with Crippen LogP contribution >= 0.6 is 0 Å². The van der Waals surface area contributed by atoms with E-state index >= 15 is 0 Å². The number of hydrogen-bond acceptors (Lipinski definition) is 3. The van der Waals surface area contributed by atoms with Crippen LogP contribution in [0, 0.1) is 6.92 Å². The van der Waals surface area contributed by atoms with Gasteiger partial charge in [-0.05, 0) is 32.0 Å². The van der Waals surface area contributed by atoms with Gasteiger partial charge in [-0.3, -0.25) is 4.79 Å². The average molecular weight is 223 g/mol. The molecule has 0 saturated carbocycles. The molecule has 1 aromatic rings. The highest BCUT2D eigenvalue weighted by molar-refractivity contribution is 5.77. The predicted octanol–water partition coefficient (Wildman–Crippen LogP) is 2.41. The first-order valence-electron chi connectivity index (χ1n) is 5.57. The Morgan fingerprint density at radius 1 is 1.31 bits per heavy atom. The van der Waals surface area contributed by atoms with E-state index in [-0.39, 0.29) is 0 Å². The Hall–Kier alpha value is -1.35. The number of phenols is 1. The summed E-state index contributed by atoms with van der Waals surface area (Å²) in [6.07, 6.45) is 2.15. The Labute approximate surface area is 97.3 Å². The Balaban J connectivity index is 0.000000281. The molecule has 0 aliphatic rings. The van der Waals surface area contributed by atoms with Crippen LogP contribution in [0.15, 0.2) is 24.3 Å². The van der Waals surface area contributed by atoms with Crippen molar-refractivity contribution in [3.05, 3.63) is 29.8 Å². The molecular formula is C13H21NO2. The fraction of sp³-hybridized carbons (Fsp3) is 0.462. The monoisotopic (exact) mass is 223 g/mol. The highest BCUT2D eigenvalue weighted by Crippen LogP contribution is 2.07. The average Bonchev–Trinajstić information content (AvgIpc) is 2.30. The van der Waals surface area contributed by atoms with Gasteiger partial charge in [-0.25, -0.2) is 0 Å². The van der Waals surface area contributed by atoms with Crippen LogP contribution in [0.1, 0.15) is 31.7 Å². The van der Waals surface area contributed by atoms with Crippen LogP contribution in [0.2, 0.25) is 0 Å². The van der Waals surface area contributed by atoms with Crippen LogP contribution in [0.3, 0.4) is 0 Å². The number of carbonyl (C=O) groups excluding carboxylic acids is 1. The standard InChI is InChI=1S/C7H8O.C6H13NO/c1-6-2-4-7(8)5-3-6;1-2-6(8)4-3-5-7/h2-5,8H,1H3;2-5,7H2,1H3. The van der Waals surface area contributed by atoms with E-state index in [0.29, 0.717) is 30.9 Å². The first-order chi connectivity index (χ1) is 7.60. The Bertz CT molecular complexity index is 272. The lowest BCUT2D eigenvalue weighted by molar-refractivity contribution is -0.118. The summed E-state index contributed by atoms with van der Waals surface area (Å²) in [5.74, 6) is 0.644. The molecule has 0 heterocycles. The van der Waals surface area contributed by atoms with Gasteiger partial charge in [0.25, 0.3) is 0 Å². The van der Waals surface area contributed by atoms with Gasteiger partial charge >= 0.3 is 0 Å². The second-order valence-corrected chi connectivity index (χ2v) is 3.62. The molecular weight excluding hydrogens is 202 g/mol. The van der Waals surface area contributed by atoms with Gasteiger partial charge < -0.3 is 10.8 Å². The van der Waals surface area contributed by atoms with Crippen LogP contribution in [-0.2, 0) is 4.79 Å². The summed E-state index contributed by atoms with van der Waals surface area (Å²) in [6.45, 7) is 4.49. The molecule has 0 aromatic heterocycles. The third kappa shape index (κ3) is 8.00. The Morgan fingerprint density at radius 3 is 2.25 bits per heavy atom. The zero-order chi connectivity index (χ0) is 12.4. The quantitative estimate of drug-likeness (QED) is 0.823. The van der Waals surface area contributed by atoms with Gasteiger partial charge in [0.2, 0.25) is 0 Å². The first-order valence-corrected chi connectivity index (χ1v) is 5.57. The Kier molecular flexibility index (Phi) is 8.17.